The van der Waals surface area contributed by atoms with Crippen molar-refractivity contribution in [2.75, 3.05) is 24.0 Å². The van der Waals surface area contributed by atoms with Gasteiger partial charge >= 0.3 is 0 Å². The van der Waals surface area contributed by atoms with E-state index < -0.39 is 16.1 Å². The Morgan fingerprint density at radius 3 is 1.08 bits per heavy atom. The molecule has 0 saturated carbocycles. The molecule has 0 saturated heterocycles. The van der Waals surface area contributed by atoms with Crippen LogP contribution < -0.4 is 0 Å². The van der Waals surface area contributed by atoms with Gasteiger partial charge in [-0.3, -0.25) is 0 Å². The summed E-state index contributed by atoms with van der Waals surface area (Å²) in [5, 5.41) is 18.5. The van der Waals surface area contributed by atoms with Crippen molar-refractivity contribution in [3.05, 3.63) is 48.7 Å². The normalized spacial score (nSPS) is 15.8. The lowest BCUT2D eigenvalue weighted by Gasteiger charge is -2.38. The minimum absolute atomic E-state index is 0.511. The molecule has 0 aromatic rings. The highest BCUT2D eigenvalue weighted by Crippen LogP contribution is 2.58. The molecule has 0 spiro atoms. The summed E-state index contributed by atoms with van der Waals surface area (Å²) >= 11 is 14.5. The number of allylic oxidation sites excluding steroid dienone is 4. The van der Waals surface area contributed by atoms with Crippen LogP contribution in [0, 0.1) is 45.6 Å². The average molecular weight is 880 g/mol. The fourth-order valence-corrected chi connectivity index (χ4v) is 28.2. The molecule has 0 aliphatic carbocycles. The first-order valence-electron chi connectivity index (χ1n) is 18.1. The number of thioether (sulfide) groups is 8. The van der Waals surface area contributed by atoms with Crippen LogP contribution in [0.3, 0.4) is 0 Å². The van der Waals surface area contributed by atoms with Crippen LogP contribution in [0.1, 0.15) is 95.9 Å². The first-order chi connectivity index (χ1) is 24.5. The van der Waals surface area contributed by atoms with Crippen LogP contribution in [0.15, 0.2) is 48.7 Å². The number of nitriles is 2. The highest BCUT2D eigenvalue weighted by atomic mass is 32.3. The van der Waals surface area contributed by atoms with Gasteiger partial charge in [-0.2, -0.15) is 10.5 Å². The van der Waals surface area contributed by atoms with Crippen LogP contribution in [-0.4, -0.2) is 40.2 Å². The maximum Gasteiger partial charge on any atom is 0.146 e. The number of hydrogen-bond donors (Lipinski definition) is 0. The number of rotatable bonds is 16. The van der Waals surface area contributed by atoms with Gasteiger partial charge in [-0.15, -0.1) is 58.1 Å². The Morgan fingerprint density at radius 1 is 0.538 bits per heavy atom. The fraction of sp³-hybridized carbons (Fsp3) is 0.600. The summed E-state index contributed by atoms with van der Waals surface area (Å²) in [5.41, 5.74) is 13.3. The third-order valence-electron chi connectivity index (χ3n) is 9.75. The predicted molar refractivity (Wildman–Crippen MR) is 258 cm³/mol. The van der Waals surface area contributed by atoms with Crippen molar-refractivity contribution in [2.45, 2.75) is 129 Å². The zero-order valence-electron chi connectivity index (χ0n) is 33.6. The van der Waals surface area contributed by atoms with E-state index in [1.54, 1.807) is 47.0 Å². The summed E-state index contributed by atoms with van der Waals surface area (Å²) in [4.78, 5) is 0. The monoisotopic (exact) mass is 878 g/mol. The van der Waals surface area contributed by atoms with Gasteiger partial charge in [0.05, 0.1) is 37.6 Å². The van der Waals surface area contributed by atoms with Crippen LogP contribution >= 0.6 is 94.1 Å². The minimum Gasteiger partial charge on any atom is -0.198 e. The zero-order chi connectivity index (χ0) is 39.2. The molecule has 0 atom stereocenters. The first-order valence-corrected chi connectivity index (χ1v) is 30.2. The summed E-state index contributed by atoms with van der Waals surface area (Å²) < 4.78 is 7.61. The maximum absolute atomic E-state index is 9.26. The van der Waals surface area contributed by atoms with Crippen molar-refractivity contribution in [1.29, 1.82) is 10.5 Å². The van der Waals surface area contributed by atoms with Crippen molar-refractivity contribution in [2.24, 2.45) is 0 Å². The molecular weight excluding hydrogens is 821 g/mol. The second-order valence-electron chi connectivity index (χ2n) is 14.5. The van der Waals surface area contributed by atoms with Gasteiger partial charge in [0.1, 0.15) is 16.1 Å². The van der Waals surface area contributed by atoms with E-state index in [4.69, 9.17) is 0 Å². The van der Waals surface area contributed by atoms with Crippen molar-refractivity contribution in [3.8, 4) is 35.1 Å². The summed E-state index contributed by atoms with van der Waals surface area (Å²) in [6, 6.07) is 4.60. The van der Waals surface area contributed by atoms with Crippen LogP contribution in [0.4, 0.5) is 0 Å². The van der Waals surface area contributed by atoms with Crippen LogP contribution in [0.25, 0.3) is 0 Å². The molecule has 2 rings (SSSR count). The lowest BCUT2D eigenvalue weighted by Crippen LogP contribution is -2.43. The molecule has 0 N–H and O–H groups in total. The summed E-state index contributed by atoms with van der Waals surface area (Å²) in [5.74, 6) is 9.34. The van der Waals surface area contributed by atoms with E-state index in [0.717, 1.165) is 22.7 Å². The van der Waals surface area contributed by atoms with E-state index >= 15 is 0 Å². The molecule has 0 unspecified atom stereocenters. The van der Waals surface area contributed by atoms with E-state index in [1.165, 1.54) is 25.4 Å². The third-order valence-corrected chi connectivity index (χ3v) is 32.8. The Morgan fingerprint density at radius 2 is 0.827 bits per heavy atom. The maximum atomic E-state index is 9.26. The van der Waals surface area contributed by atoms with Gasteiger partial charge < -0.3 is 0 Å². The molecule has 2 heterocycles. The van der Waals surface area contributed by atoms with Gasteiger partial charge in [-0.25, -0.2) is 0 Å². The van der Waals surface area contributed by atoms with Crippen LogP contribution in [-0.2, 0) is 0 Å². The zero-order valence-corrected chi connectivity index (χ0v) is 42.1. The molecule has 0 bridgehead atoms. The molecular formula is C40H58N2S8Si2. The van der Waals surface area contributed by atoms with Crippen LogP contribution in [0.5, 0.6) is 0 Å². The molecule has 12 heteroatoms. The predicted octanol–water partition coefficient (Wildman–Crippen LogP) is 15.6. The topological polar surface area (TPSA) is 47.6 Å². The summed E-state index contributed by atoms with van der Waals surface area (Å²) in [6.07, 6.45) is 10.0. The number of hydrogen-bond acceptors (Lipinski definition) is 10. The van der Waals surface area contributed by atoms with Crippen molar-refractivity contribution in [1.82, 2.24) is 0 Å². The lowest BCUT2D eigenvalue weighted by atomic mass is 10.1. The Labute approximate surface area is 354 Å². The quantitative estimate of drug-likeness (QED) is 0.0851. The van der Waals surface area contributed by atoms with Crippen molar-refractivity contribution < 1.29 is 0 Å². The van der Waals surface area contributed by atoms with Crippen molar-refractivity contribution >= 4 is 110 Å². The van der Waals surface area contributed by atoms with Gasteiger partial charge in [-0.1, -0.05) is 142 Å². The standard InChI is InChI=1S/C40H58N2S8Si2/c1-27(2)51(28(3)4,29(5)6)23-17-33(25-35-47-37(43-13)38(44-14)48-35)34(18-24-52(30(7)8,31(9)10)32(11)12)26-36-49-39(45-21-15-19-41)40(50-36)46-22-16-20-42/h25-32H,15-16,21-22H2,1-14H3/b34-33+. The Hall–Kier alpha value is 0.0338. The van der Waals surface area contributed by atoms with Gasteiger partial charge in [0.2, 0.25) is 0 Å². The minimum atomic E-state index is -2.06. The second kappa shape index (κ2) is 23.3. The van der Waals surface area contributed by atoms with Crippen LogP contribution in [0.2, 0.25) is 33.2 Å². The molecule has 0 radical (unpaired) electrons. The number of nitrogens with zero attached hydrogens (tertiary/aromatic N) is 2. The largest absolute Gasteiger partial charge is 0.198 e. The van der Waals surface area contributed by atoms with E-state index in [2.05, 4.69) is 143 Å². The first kappa shape index (κ1) is 48.2. The average Bonchev–Trinajstić information content (AvgIpc) is 3.66. The molecule has 284 valence electrons. The Kier molecular flexibility index (Phi) is 21.6. The molecule has 2 aliphatic heterocycles. The summed E-state index contributed by atoms with van der Waals surface area (Å²) in [7, 11) is -4.10. The van der Waals surface area contributed by atoms with Gasteiger partial charge in [0.25, 0.3) is 0 Å². The lowest BCUT2D eigenvalue weighted by molar-refractivity contribution is 0.838. The fourth-order valence-electron chi connectivity index (χ4n) is 7.31. The molecule has 2 nitrogen and oxygen atoms in total. The van der Waals surface area contributed by atoms with Crippen molar-refractivity contribution in [3.63, 3.8) is 0 Å². The molecule has 0 amide bonds. The second-order valence-corrected chi connectivity index (χ2v) is 35.3. The Balaban J connectivity index is 3.06. The van der Waals surface area contributed by atoms with E-state index in [-0.39, 0.29) is 0 Å². The van der Waals surface area contributed by atoms with Gasteiger partial charge in [0, 0.05) is 35.5 Å². The molecule has 52 heavy (non-hydrogen) atoms. The molecule has 2 aliphatic rings. The SMILES string of the molecule is CSC1=C(SC)SC(=C/C(C#C[Si](C(C)C)(C(C)C)C(C)C)=C(\C#C[Si](C(C)C)(C(C)C)C(C)C)C=C2SC(SCCC#N)=C(SCCC#N)S2)S1. The van der Waals surface area contributed by atoms with Gasteiger partial charge in [-0.05, 0) is 57.9 Å². The Bertz CT molecular complexity index is 1530. The van der Waals surface area contributed by atoms with E-state index in [1.807, 2.05) is 47.0 Å². The summed E-state index contributed by atoms with van der Waals surface area (Å²) in [6.45, 7) is 28.6. The van der Waals surface area contributed by atoms with E-state index in [0.29, 0.717) is 46.1 Å². The molecule has 0 aromatic carbocycles. The highest BCUT2D eigenvalue weighted by Gasteiger charge is 2.43. The molecule has 0 aromatic heterocycles. The van der Waals surface area contributed by atoms with Gasteiger partial charge in [0.15, 0.2) is 0 Å². The third kappa shape index (κ3) is 12.5. The molecule has 0 fully saturated rings. The smallest absolute Gasteiger partial charge is 0.146 e. The van der Waals surface area contributed by atoms with E-state index in [9.17, 15) is 10.5 Å². The highest BCUT2D eigenvalue weighted by molar-refractivity contribution is 8.41.